The van der Waals surface area contributed by atoms with Crippen LogP contribution in [0.1, 0.15) is 29.0 Å². The Morgan fingerprint density at radius 2 is 0.608 bits per heavy atom. The van der Waals surface area contributed by atoms with Crippen molar-refractivity contribution in [2.45, 2.75) is 0 Å². The number of carbonyl (C=O) groups is 3. The van der Waals surface area contributed by atoms with E-state index >= 15 is 0 Å². The molecule has 12 heteroatoms. The molecule has 0 aliphatic carbocycles. The fraction of sp³-hybridized carbons (Fsp3) is 0.0769. The molecule has 0 aliphatic rings. The van der Waals surface area contributed by atoms with Gasteiger partial charge in [0.25, 0.3) is 0 Å². The highest BCUT2D eigenvalue weighted by Gasteiger charge is 2.16. The number of esters is 3. The minimum absolute atomic E-state index is 0.364. The molecule has 0 bridgehead atoms. The molecule has 0 radical (unpaired) electrons. The summed E-state index contributed by atoms with van der Waals surface area (Å²) in [5, 5.41) is 0. The molecule has 252 valence electrons. The van der Waals surface area contributed by atoms with Gasteiger partial charge >= 0.3 is 17.9 Å². The number of methoxy groups -OCH3 is 3. The van der Waals surface area contributed by atoms with Gasteiger partial charge in [-0.1, -0.05) is 72.8 Å². The third-order valence-electron chi connectivity index (χ3n) is 7.90. The molecule has 0 unspecified atom stereocenters. The van der Waals surface area contributed by atoms with Crippen LogP contribution in [-0.2, 0) is 14.2 Å². The number of benzene rings is 3. The minimum Gasteiger partial charge on any atom is -0.465 e. The maximum absolute atomic E-state index is 12.0. The van der Waals surface area contributed by atoms with Gasteiger partial charge in [-0.25, -0.2) is 29.3 Å². The number of hydrogen-bond donors (Lipinski definition) is 0. The maximum atomic E-state index is 12.0. The third-order valence-corrected chi connectivity index (χ3v) is 11.2. The molecule has 9 nitrogen and oxygen atoms in total. The second-order valence-corrected chi connectivity index (χ2v) is 14.3. The van der Waals surface area contributed by atoms with E-state index in [-0.39, 0.29) is 17.9 Å². The zero-order chi connectivity index (χ0) is 35.5. The molecular formula is C39H27N3O6S3. The summed E-state index contributed by atoms with van der Waals surface area (Å²) in [4.78, 5) is 55.0. The number of hydrogen-bond acceptors (Lipinski definition) is 12. The Morgan fingerprint density at radius 3 is 0.843 bits per heavy atom. The molecule has 0 spiro atoms. The van der Waals surface area contributed by atoms with Crippen LogP contribution in [-0.4, -0.2) is 54.2 Å². The quantitative estimate of drug-likeness (QED) is 0.106. The Hall–Kier alpha value is -5.82. The van der Waals surface area contributed by atoms with Crippen LogP contribution >= 0.6 is 34.0 Å². The molecule has 7 rings (SSSR count). The van der Waals surface area contributed by atoms with E-state index in [0.29, 0.717) is 32.1 Å². The van der Waals surface area contributed by atoms with Gasteiger partial charge in [0.15, 0.2) is 17.5 Å². The van der Waals surface area contributed by atoms with Gasteiger partial charge in [0, 0.05) is 31.3 Å². The van der Waals surface area contributed by atoms with Crippen molar-refractivity contribution in [2.75, 3.05) is 21.3 Å². The van der Waals surface area contributed by atoms with Crippen molar-refractivity contribution >= 4 is 51.9 Å². The first kappa shape index (κ1) is 33.7. The fourth-order valence-corrected chi connectivity index (χ4v) is 8.01. The molecule has 0 fully saturated rings. The summed E-state index contributed by atoms with van der Waals surface area (Å²) < 4.78 is 14.6. The van der Waals surface area contributed by atoms with Crippen LogP contribution in [0.5, 0.6) is 0 Å². The van der Waals surface area contributed by atoms with Crippen molar-refractivity contribution in [2.24, 2.45) is 0 Å². The summed E-state index contributed by atoms with van der Waals surface area (Å²) in [6.45, 7) is 0. The van der Waals surface area contributed by atoms with Gasteiger partial charge in [0.1, 0.15) is 14.6 Å². The largest absolute Gasteiger partial charge is 0.465 e. The monoisotopic (exact) mass is 729 g/mol. The molecule has 7 aromatic rings. The third kappa shape index (κ3) is 7.11. The molecule has 0 aliphatic heterocycles. The number of rotatable bonds is 9. The highest BCUT2D eigenvalue weighted by molar-refractivity contribution is 7.18. The van der Waals surface area contributed by atoms with Crippen LogP contribution in [0, 0.1) is 0 Å². The second kappa shape index (κ2) is 14.6. The van der Waals surface area contributed by atoms with Gasteiger partial charge < -0.3 is 14.2 Å². The first-order chi connectivity index (χ1) is 24.8. The van der Waals surface area contributed by atoms with Crippen molar-refractivity contribution in [1.82, 2.24) is 15.0 Å². The first-order valence-corrected chi connectivity index (χ1v) is 17.9. The standard InChI is InChI=1S/C39H27N3O6S3/c1-46-37(43)31-19-16-28(49-31)22-4-10-25(11-5-22)34-40-35(26-12-6-23(7-13-26)29-17-20-32(50-29)38(44)47-2)42-36(41-34)27-14-8-24(9-15-27)30-18-21-33(51-30)39(45)48-3/h4-21H,1-3H3. The second-order valence-electron chi connectivity index (χ2n) is 11.0. The lowest BCUT2D eigenvalue weighted by molar-refractivity contribution is 0.0597. The first-order valence-electron chi connectivity index (χ1n) is 15.5. The van der Waals surface area contributed by atoms with Crippen molar-refractivity contribution in [3.63, 3.8) is 0 Å². The van der Waals surface area contributed by atoms with Crippen molar-refractivity contribution < 1.29 is 28.6 Å². The van der Waals surface area contributed by atoms with Gasteiger partial charge in [0.2, 0.25) is 0 Å². The van der Waals surface area contributed by atoms with Crippen LogP contribution < -0.4 is 0 Å². The van der Waals surface area contributed by atoms with Gasteiger partial charge in [-0.3, -0.25) is 0 Å². The summed E-state index contributed by atoms with van der Waals surface area (Å²) in [6.07, 6.45) is 0. The Morgan fingerprint density at radius 1 is 0.373 bits per heavy atom. The zero-order valence-corrected chi connectivity index (χ0v) is 29.9. The highest BCUT2D eigenvalue weighted by atomic mass is 32.1. The molecule has 0 atom stereocenters. The van der Waals surface area contributed by atoms with Crippen molar-refractivity contribution in [3.8, 4) is 65.5 Å². The summed E-state index contributed by atoms with van der Waals surface area (Å²) in [5.74, 6) is 0.403. The lowest BCUT2D eigenvalue weighted by Gasteiger charge is -2.10. The topological polar surface area (TPSA) is 118 Å². The normalized spacial score (nSPS) is 10.9. The number of aromatic nitrogens is 3. The number of carbonyl (C=O) groups excluding carboxylic acids is 3. The van der Waals surface area contributed by atoms with Crippen LogP contribution in [0.2, 0.25) is 0 Å². The van der Waals surface area contributed by atoms with E-state index in [4.69, 9.17) is 29.2 Å². The molecule has 0 saturated heterocycles. The lowest BCUT2D eigenvalue weighted by atomic mass is 10.1. The van der Waals surface area contributed by atoms with E-state index in [1.54, 1.807) is 18.2 Å². The van der Waals surface area contributed by atoms with Crippen LogP contribution in [0.3, 0.4) is 0 Å². The zero-order valence-electron chi connectivity index (χ0n) is 27.4. The van der Waals surface area contributed by atoms with E-state index < -0.39 is 0 Å². The summed E-state index contributed by atoms with van der Waals surface area (Å²) in [7, 11) is 4.11. The number of nitrogens with zero attached hydrogens (tertiary/aromatic N) is 3. The summed E-state index contributed by atoms with van der Waals surface area (Å²) in [5.41, 5.74) is 5.24. The predicted molar refractivity (Wildman–Crippen MR) is 200 cm³/mol. The molecule has 4 aromatic heterocycles. The average molecular weight is 730 g/mol. The van der Waals surface area contributed by atoms with Crippen molar-refractivity contribution in [1.29, 1.82) is 0 Å². The Kier molecular flexibility index (Phi) is 9.62. The lowest BCUT2D eigenvalue weighted by Crippen LogP contribution is -2.00. The maximum Gasteiger partial charge on any atom is 0.348 e. The van der Waals surface area contributed by atoms with Crippen LogP contribution in [0.25, 0.3) is 65.5 Å². The molecular weight excluding hydrogens is 703 g/mol. The molecule has 0 saturated carbocycles. The summed E-state index contributed by atoms with van der Waals surface area (Å²) >= 11 is 4.10. The van der Waals surface area contributed by atoms with E-state index in [2.05, 4.69) is 0 Å². The van der Waals surface area contributed by atoms with Gasteiger partial charge in [-0.15, -0.1) is 34.0 Å². The van der Waals surface area contributed by atoms with Crippen molar-refractivity contribution in [3.05, 3.63) is 124 Å². The Bertz CT molecular complexity index is 2100. The average Bonchev–Trinajstić information content (AvgIpc) is 3.99. The molecule has 4 heterocycles. The number of thiophene rings is 3. The minimum atomic E-state index is -0.364. The fourth-order valence-electron chi connectivity index (χ4n) is 5.22. The predicted octanol–water partition coefficient (Wildman–Crippen LogP) is 9.42. The van der Waals surface area contributed by atoms with Gasteiger partial charge in [-0.2, -0.15) is 0 Å². The molecule has 0 amide bonds. The molecule has 51 heavy (non-hydrogen) atoms. The van der Waals surface area contributed by atoms with Crippen LogP contribution in [0.15, 0.2) is 109 Å². The van der Waals surface area contributed by atoms with Gasteiger partial charge in [-0.05, 0) is 53.1 Å². The van der Waals surface area contributed by atoms with E-state index in [1.807, 2.05) is 91.0 Å². The summed E-state index contributed by atoms with van der Waals surface area (Å²) in [6, 6.07) is 34.5. The smallest absolute Gasteiger partial charge is 0.348 e. The molecule has 3 aromatic carbocycles. The number of ether oxygens (including phenoxy) is 3. The van der Waals surface area contributed by atoms with Crippen LogP contribution in [0.4, 0.5) is 0 Å². The van der Waals surface area contributed by atoms with E-state index in [1.165, 1.54) is 55.3 Å². The Labute approximate surface area is 304 Å². The molecule has 0 N–H and O–H groups in total. The Balaban J connectivity index is 1.24. The van der Waals surface area contributed by atoms with Gasteiger partial charge in [0.05, 0.1) is 21.3 Å². The SMILES string of the molecule is COC(=O)c1ccc(-c2ccc(-c3nc(-c4ccc(-c5ccc(C(=O)OC)s5)cc4)nc(-c4ccc(-c5ccc(C(=O)OC)s5)cc4)n3)cc2)s1. The van der Waals surface area contributed by atoms with E-state index in [0.717, 1.165) is 48.0 Å². The van der Waals surface area contributed by atoms with E-state index in [9.17, 15) is 14.4 Å². The highest BCUT2D eigenvalue weighted by Crippen LogP contribution is 2.34.